The predicted molar refractivity (Wildman–Crippen MR) is 145 cm³/mol. The van der Waals surface area contributed by atoms with Gasteiger partial charge in [-0.1, -0.05) is 55.1 Å². The maximum absolute atomic E-state index is 6.14. The number of aryl methyl sites for hydroxylation is 2. The predicted octanol–water partition coefficient (Wildman–Crippen LogP) is 5.96. The molecule has 1 atom stereocenters. The van der Waals surface area contributed by atoms with Gasteiger partial charge in [0.05, 0.1) is 5.69 Å². The number of likely N-dealkylation sites (tertiary alicyclic amines) is 1. The third-order valence-electron chi connectivity index (χ3n) is 7.38. The zero-order chi connectivity index (χ0) is 24.1. The average Bonchev–Trinajstić information content (AvgIpc) is 3.57. The van der Waals surface area contributed by atoms with Gasteiger partial charge in [0.1, 0.15) is 11.3 Å². The first-order chi connectivity index (χ1) is 17.1. The lowest BCUT2D eigenvalue weighted by Crippen LogP contribution is -2.25. The maximum Gasteiger partial charge on any atom is 0.138 e. The van der Waals surface area contributed by atoms with Crippen LogP contribution in [0.25, 0.3) is 44.8 Å². The van der Waals surface area contributed by atoms with Gasteiger partial charge in [-0.2, -0.15) is 0 Å². The number of aromatic nitrogens is 3. The fourth-order valence-electron chi connectivity index (χ4n) is 5.56. The van der Waals surface area contributed by atoms with Crippen molar-refractivity contribution in [2.75, 3.05) is 13.1 Å². The van der Waals surface area contributed by atoms with Gasteiger partial charge >= 0.3 is 0 Å². The molecule has 0 saturated carbocycles. The third-order valence-corrected chi connectivity index (χ3v) is 7.38. The first-order valence-corrected chi connectivity index (χ1v) is 12.4. The fourth-order valence-corrected chi connectivity index (χ4v) is 5.56. The van der Waals surface area contributed by atoms with E-state index in [0.29, 0.717) is 0 Å². The molecule has 1 saturated heterocycles. The van der Waals surface area contributed by atoms with Crippen molar-refractivity contribution in [1.82, 2.24) is 18.9 Å². The minimum Gasteiger partial charge on any atom is -0.370 e. The van der Waals surface area contributed by atoms with Crippen LogP contribution in [-0.4, -0.2) is 38.0 Å². The van der Waals surface area contributed by atoms with Crippen LogP contribution in [0.2, 0.25) is 0 Å². The summed E-state index contributed by atoms with van der Waals surface area (Å²) in [6.07, 6.45) is 3.14. The molecule has 1 fully saturated rings. The van der Waals surface area contributed by atoms with Gasteiger partial charge in [-0.25, -0.2) is 4.98 Å². The molecular formula is C30H31N5. The zero-order valence-corrected chi connectivity index (χ0v) is 20.4. The van der Waals surface area contributed by atoms with E-state index in [4.69, 9.17) is 10.7 Å². The summed E-state index contributed by atoms with van der Waals surface area (Å²) < 4.78 is 4.59. The molecule has 0 radical (unpaired) electrons. The molecule has 176 valence electrons. The number of para-hydroxylation sites is 1. The van der Waals surface area contributed by atoms with Gasteiger partial charge < -0.3 is 19.6 Å². The molecule has 5 aromatic rings. The second-order valence-electron chi connectivity index (χ2n) is 9.48. The molecular weight excluding hydrogens is 430 g/mol. The van der Waals surface area contributed by atoms with Gasteiger partial charge in [0.15, 0.2) is 0 Å². The van der Waals surface area contributed by atoms with Gasteiger partial charge in [0, 0.05) is 65.3 Å². The monoisotopic (exact) mass is 461 g/mol. The maximum atomic E-state index is 6.14. The Bertz CT molecular complexity index is 1560. The van der Waals surface area contributed by atoms with E-state index in [2.05, 4.69) is 107 Å². The second kappa shape index (κ2) is 8.43. The summed E-state index contributed by atoms with van der Waals surface area (Å²) in [4.78, 5) is 7.50. The van der Waals surface area contributed by atoms with E-state index in [0.717, 1.165) is 54.4 Å². The molecule has 2 aromatic carbocycles. The van der Waals surface area contributed by atoms with Gasteiger partial charge in [0.2, 0.25) is 0 Å². The number of nitrogens with two attached hydrogens (primary N) is 1. The number of pyridine rings is 1. The van der Waals surface area contributed by atoms with Gasteiger partial charge in [-0.05, 0) is 44.0 Å². The normalized spacial score (nSPS) is 16.0. The molecule has 0 aliphatic carbocycles. The van der Waals surface area contributed by atoms with E-state index in [9.17, 15) is 0 Å². The van der Waals surface area contributed by atoms with E-state index in [-0.39, 0.29) is 6.04 Å². The number of benzene rings is 2. The summed E-state index contributed by atoms with van der Waals surface area (Å²) in [5.74, 6) is 0. The Morgan fingerprint density at radius 3 is 2.60 bits per heavy atom. The van der Waals surface area contributed by atoms with Crippen molar-refractivity contribution in [2.45, 2.75) is 32.9 Å². The molecule has 5 heteroatoms. The standard InChI is InChI=1S/C30H31N5/c1-4-34-26-13-9-8-12-25(26)28(22-10-6-5-7-11-22)30(34)29-21(3)35-17-14-23(18-27(35)32-29)20(2)33-16-15-24(31)19-33/h5-14,17-18,24H,2,4,15-16,19,31H2,1,3H3. The van der Waals surface area contributed by atoms with Crippen molar-refractivity contribution in [2.24, 2.45) is 5.73 Å². The van der Waals surface area contributed by atoms with Gasteiger partial charge in [-0.15, -0.1) is 0 Å². The van der Waals surface area contributed by atoms with Crippen LogP contribution in [-0.2, 0) is 6.54 Å². The quantitative estimate of drug-likeness (QED) is 0.352. The second-order valence-corrected chi connectivity index (χ2v) is 9.48. The van der Waals surface area contributed by atoms with Crippen molar-refractivity contribution in [3.63, 3.8) is 0 Å². The number of nitrogens with zero attached hydrogens (tertiary/aromatic N) is 4. The average molecular weight is 462 g/mol. The van der Waals surface area contributed by atoms with Crippen molar-refractivity contribution >= 4 is 22.2 Å². The highest BCUT2D eigenvalue weighted by atomic mass is 15.2. The van der Waals surface area contributed by atoms with Crippen LogP contribution >= 0.6 is 0 Å². The first kappa shape index (κ1) is 21.7. The molecule has 1 unspecified atom stereocenters. The number of hydrogen-bond donors (Lipinski definition) is 1. The van der Waals surface area contributed by atoms with Crippen LogP contribution in [0.5, 0.6) is 0 Å². The number of rotatable bonds is 5. The molecule has 0 amide bonds. The lowest BCUT2D eigenvalue weighted by atomic mass is 10.00. The Kier molecular flexibility index (Phi) is 5.23. The lowest BCUT2D eigenvalue weighted by molar-refractivity contribution is 0.485. The topological polar surface area (TPSA) is 51.5 Å². The highest BCUT2D eigenvalue weighted by molar-refractivity contribution is 6.04. The Labute approximate surface area is 206 Å². The highest BCUT2D eigenvalue weighted by Gasteiger charge is 2.24. The van der Waals surface area contributed by atoms with E-state index in [1.54, 1.807) is 0 Å². The van der Waals surface area contributed by atoms with E-state index < -0.39 is 0 Å². The number of fused-ring (bicyclic) bond motifs is 2. The lowest BCUT2D eigenvalue weighted by Gasteiger charge is -2.21. The van der Waals surface area contributed by atoms with Crippen LogP contribution in [0.4, 0.5) is 0 Å². The summed E-state index contributed by atoms with van der Waals surface area (Å²) in [7, 11) is 0. The van der Waals surface area contributed by atoms with Crippen molar-refractivity contribution < 1.29 is 0 Å². The summed E-state index contributed by atoms with van der Waals surface area (Å²) in [6.45, 7) is 11.4. The Morgan fingerprint density at radius 2 is 1.86 bits per heavy atom. The molecule has 5 nitrogen and oxygen atoms in total. The summed E-state index contributed by atoms with van der Waals surface area (Å²) >= 11 is 0. The molecule has 1 aliphatic heterocycles. The van der Waals surface area contributed by atoms with Gasteiger partial charge in [0.25, 0.3) is 0 Å². The highest BCUT2D eigenvalue weighted by Crippen LogP contribution is 2.41. The summed E-state index contributed by atoms with van der Waals surface area (Å²) in [6, 6.07) is 23.9. The van der Waals surface area contributed by atoms with Crippen molar-refractivity contribution in [3.8, 4) is 22.5 Å². The first-order valence-electron chi connectivity index (χ1n) is 12.4. The molecule has 6 rings (SSSR count). The van der Waals surface area contributed by atoms with Gasteiger partial charge in [-0.3, -0.25) is 0 Å². The summed E-state index contributed by atoms with van der Waals surface area (Å²) in [5, 5.41) is 1.26. The molecule has 4 heterocycles. The summed E-state index contributed by atoms with van der Waals surface area (Å²) in [5.41, 5.74) is 16.2. The van der Waals surface area contributed by atoms with Crippen LogP contribution in [0.15, 0.2) is 79.5 Å². The molecule has 35 heavy (non-hydrogen) atoms. The molecule has 1 aliphatic rings. The largest absolute Gasteiger partial charge is 0.370 e. The van der Waals surface area contributed by atoms with E-state index in [1.807, 2.05) is 0 Å². The Balaban J connectivity index is 1.55. The zero-order valence-electron chi connectivity index (χ0n) is 20.4. The van der Waals surface area contributed by atoms with Crippen LogP contribution in [0, 0.1) is 6.92 Å². The molecule has 3 aromatic heterocycles. The van der Waals surface area contributed by atoms with Crippen molar-refractivity contribution in [1.29, 1.82) is 0 Å². The third kappa shape index (κ3) is 3.46. The Morgan fingerprint density at radius 1 is 1.09 bits per heavy atom. The smallest absolute Gasteiger partial charge is 0.138 e. The molecule has 2 N–H and O–H groups in total. The fraction of sp³-hybridized carbons (Fsp3) is 0.233. The minimum absolute atomic E-state index is 0.225. The SMILES string of the molecule is C=C(c1ccn2c(C)c(-c3c(-c4ccccc4)c4ccccc4n3CC)nc2c1)N1CCC(N)C1. The van der Waals surface area contributed by atoms with Crippen LogP contribution in [0.1, 0.15) is 24.6 Å². The number of hydrogen-bond acceptors (Lipinski definition) is 3. The van der Waals surface area contributed by atoms with E-state index >= 15 is 0 Å². The molecule has 0 spiro atoms. The van der Waals surface area contributed by atoms with Crippen LogP contribution in [0.3, 0.4) is 0 Å². The molecule has 0 bridgehead atoms. The minimum atomic E-state index is 0.225. The van der Waals surface area contributed by atoms with Crippen molar-refractivity contribution in [3.05, 3.63) is 90.8 Å². The van der Waals surface area contributed by atoms with E-state index in [1.165, 1.54) is 27.7 Å². The number of imidazole rings is 1. The van der Waals surface area contributed by atoms with Crippen LogP contribution < -0.4 is 5.73 Å². The Hall–Kier alpha value is -3.83.